The molecule has 2 nitrogen and oxygen atoms in total. The Balaban J connectivity index is 2.13. The molecular weight excluding hydrogens is 224 g/mol. The molecule has 0 radical (unpaired) electrons. The van der Waals surface area contributed by atoms with Crippen LogP contribution < -0.4 is 0 Å². The van der Waals surface area contributed by atoms with Crippen molar-refractivity contribution in [2.45, 2.75) is 32.3 Å². The minimum Gasteiger partial charge on any atom is -0.372 e. The predicted octanol–water partition coefficient (Wildman–Crippen LogP) is 3.69. The summed E-state index contributed by atoms with van der Waals surface area (Å²) < 4.78 is 5.62. The number of carbonyl (C=O) groups excluding carboxylic acids is 1. The lowest BCUT2D eigenvalue weighted by molar-refractivity contribution is -0.120. The first-order valence-corrected chi connectivity index (χ1v) is 6.49. The Kier molecular flexibility index (Phi) is 4.32. The average Bonchev–Trinajstić information content (AvgIpc) is 2.41. The van der Waals surface area contributed by atoms with Gasteiger partial charge in [-0.3, -0.25) is 4.79 Å². The molecule has 0 amide bonds. The van der Waals surface area contributed by atoms with E-state index in [0.717, 1.165) is 19.3 Å². The molecule has 2 heteroatoms. The van der Waals surface area contributed by atoms with Crippen molar-refractivity contribution in [2.75, 3.05) is 7.11 Å². The highest BCUT2D eigenvalue weighted by molar-refractivity contribution is 5.78. The third kappa shape index (κ3) is 2.88. The van der Waals surface area contributed by atoms with Crippen molar-refractivity contribution >= 4 is 5.78 Å². The fourth-order valence-corrected chi connectivity index (χ4v) is 2.59. The van der Waals surface area contributed by atoms with E-state index >= 15 is 0 Å². The highest BCUT2D eigenvalue weighted by atomic mass is 16.5. The highest BCUT2D eigenvalue weighted by Gasteiger charge is 2.23. The summed E-state index contributed by atoms with van der Waals surface area (Å²) >= 11 is 0. The molecule has 1 aliphatic carbocycles. The van der Waals surface area contributed by atoms with Crippen LogP contribution in [-0.4, -0.2) is 12.9 Å². The quantitative estimate of drug-likeness (QED) is 0.755. The molecule has 0 saturated heterocycles. The van der Waals surface area contributed by atoms with Crippen molar-refractivity contribution in [2.24, 2.45) is 5.92 Å². The van der Waals surface area contributed by atoms with Crippen molar-refractivity contribution in [1.29, 1.82) is 0 Å². The van der Waals surface area contributed by atoms with Gasteiger partial charge in [0.2, 0.25) is 0 Å². The summed E-state index contributed by atoms with van der Waals surface area (Å²) in [6, 6.07) is 10.3. The number of allylic oxidation sites excluding steroid dienone is 1. The summed E-state index contributed by atoms with van der Waals surface area (Å²) in [5, 5.41) is 0. The summed E-state index contributed by atoms with van der Waals surface area (Å²) in [7, 11) is 1.75. The van der Waals surface area contributed by atoms with Crippen LogP contribution in [0.2, 0.25) is 0 Å². The molecule has 0 N–H and O–H groups in total. The molecule has 0 unspecified atom stereocenters. The maximum atomic E-state index is 11.4. The number of hydrogen-bond donors (Lipinski definition) is 0. The fourth-order valence-electron chi connectivity index (χ4n) is 2.59. The van der Waals surface area contributed by atoms with Gasteiger partial charge in [-0.2, -0.15) is 0 Å². The second kappa shape index (κ2) is 5.96. The summed E-state index contributed by atoms with van der Waals surface area (Å²) in [6.45, 7) is 1.69. The molecule has 1 aliphatic rings. The third-order valence-electron chi connectivity index (χ3n) is 3.70. The normalized spacial score (nSPS) is 21.2. The molecule has 1 aromatic rings. The molecule has 2 rings (SSSR count). The molecule has 0 bridgehead atoms. The van der Waals surface area contributed by atoms with Crippen LogP contribution in [0.3, 0.4) is 0 Å². The van der Waals surface area contributed by atoms with Crippen LogP contribution in [0.15, 0.2) is 42.0 Å². The molecule has 96 valence electrons. The van der Waals surface area contributed by atoms with Crippen molar-refractivity contribution in [3.8, 4) is 0 Å². The van der Waals surface area contributed by atoms with Gasteiger partial charge in [-0.15, -0.1) is 0 Å². The second-order valence-electron chi connectivity index (χ2n) is 4.89. The number of hydrogen-bond acceptors (Lipinski definition) is 2. The van der Waals surface area contributed by atoms with Gasteiger partial charge in [0.05, 0.1) is 0 Å². The fraction of sp³-hybridized carbons (Fsp3) is 0.438. The molecule has 0 aromatic heterocycles. The average molecular weight is 244 g/mol. The van der Waals surface area contributed by atoms with Crippen LogP contribution in [0.25, 0.3) is 0 Å². The molecule has 0 fully saturated rings. The molecule has 1 aromatic carbocycles. The Hall–Kier alpha value is -1.41. The van der Waals surface area contributed by atoms with Crippen LogP contribution in [0, 0.1) is 5.92 Å². The Labute approximate surface area is 109 Å². The zero-order valence-electron chi connectivity index (χ0n) is 11.1. The van der Waals surface area contributed by atoms with E-state index in [1.165, 1.54) is 11.1 Å². The van der Waals surface area contributed by atoms with E-state index in [0.29, 0.717) is 5.78 Å². The zero-order valence-corrected chi connectivity index (χ0v) is 11.1. The van der Waals surface area contributed by atoms with Crippen LogP contribution in [0.4, 0.5) is 0 Å². The highest BCUT2D eigenvalue weighted by Crippen LogP contribution is 2.34. The van der Waals surface area contributed by atoms with E-state index in [4.69, 9.17) is 4.74 Å². The Morgan fingerprint density at radius 3 is 2.56 bits per heavy atom. The number of benzene rings is 1. The summed E-state index contributed by atoms with van der Waals surface area (Å²) in [4.78, 5) is 11.4. The largest absolute Gasteiger partial charge is 0.372 e. The van der Waals surface area contributed by atoms with Crippen molar-refractivity contribution in [3.05, 3.63) is 47.5 Å². The van der Waals surface area contributed by atoms with Gasteiger partial charge in [0, 0.05) is 13.0 Å². The monoisotopic (exact) mass is 244 g/mol. The number of methoxy groups -OCH3 is 1. The lowest BCUT2D eigenvalue weighted by Crippen LogP contribution is -2.17. The van der Waals surface area contributed by atoms with Crippen molar-refractivity contribution in [1.82, 2.24) is 0 Å². The van der Waals surface area contributed by atoms with Gasteiger partial charge in [0.15, 0.2) is 0 Å². The van der Waals surface area contributed by atoms with E-state index in [-0.39, 0.29) is 12.0 Å². The maximum absolute atomic E-state index is 11.4. The smallest absolute Gasteiger partial charge is 0.133 e. The second-order valence-corrected chi connectivity index (χ2v) is 4.89. The SMILES string of the molecule is CO[C@@H](C1=CC[C@@H](C(C)=O)CC1)c1ccccc1. The lowest BCUT2D eigenvalue weighted by Gasteiger charge is -2.25. The molecule has 0 aliphatic heterocycles. The van der Waals surface area contributed by atoms with Crippen LogP contribution in [0.5, 0.6) is 0 Å². The molecule has 2 atom stereocenters. The lowest BCUT2D eigenvalue weighted by atomic mass is 9.84. The van der Waals surface area contributed by atoms with Gasteiger partial charge >= 0.3 is 0 Å². The van der Waals surface area contributed by atoms with Gasteiger partial charge in [-0.05, 0) is 37.3 Å². The predicted molar refractivity (Wildman–Crippen MR) is 72.3 cm³/mol. The molecule has 0 heterocycles. The number of Topliss-reactive ketones (excluding diaryl/α,β-unsaturated/α-hetero) is 1. The number of rotatable bonds is 4. The van der Waals surface area contributed by atoms with Crippen molar-refractivity contribution in [3.63, 3.8) is 0 Å². The number of ketones is 1. The Bertz CT molecular complexity index is 434. The van der Waals surface area contributed by atoms with Gasteiger partial charge in [0.1, 0.15) is 11.9 Å². The topological polar surface area (TPSA) is 26.3 Å². The standard InChI is InChI=1S/C16H20O2/c1-12(17)13-8-10-15(11-9-13)16(18-2)14-6-4-3-5-7-14/h3-7,10,13,16H,8-9,11H2,1-2H3/t13-,16-/m1/s1. The molecule has 0 saturated carbocycles. The molecular formula is C16H20O2. The van der Waals surface area contributed by atoms with E-state index in [1.807, 2.05) is 18.2 Å². The van der Waals surface area contributed by atoms with Crippen molar-refractivity contribution < 1.29 is 9.53 Å². The minimum atomic E-state index is 0.0408. The van der Waals surface area contributed by atoms with E-state index in [1.54, 1.807) is 14.0 Å². The van der Waals surface area contributed by atoms with E-state index in [9.17, 15) is 4.79 Å². The summed E-state index contributed by atoms with van der Waals surface area (Å²) in [5.74, 6) is 0.515. The molecule has 18 heavy (non-hydrogen) atoms. The first-order chi connectivity index (χ1) is 8.72. The van der Waals surface area contributed by atoms with Gasteiger partial charge in [-0.25, -0.2) is 0 Å². The Morgan fingerprint density at radius 1 is 1.33 bits per heavy atom. The maximum Gasteiger partial charge on any atom is 0.133 e. The summed E-state index contributed by atoms with van der Waals surface area (Å²) in [6.07, 6.45) is 5.00. The van der Waals surface area contributed by atoms with Crippen LogP contribution in [0.1, 0.15) is 37.9 Å². The van der Waals surface area contributed by atoms with Crippen LogP contribution in [-0.2, 0) is 9.53 Å². The molecule has 0 spiro atoms. The Morgan fingerprint density at radius 2 is 2.06 bits per heavy atom. The van der Waals surface area contributed by atoms with E-state index < -0.39 is 0 Å². The number of ether oxygens (including phenoxy) is 1. The first-order valence-electron chi connectivity index (χ1n) is 6.49. The van der Waals surface area contributed by atoms with Gasteiger partial charge in [0.25, 0.3) is 0 Å². The zero-order chi connectivity index (χ0) is 13.0. The van der Waals surface area contributed by atoms with Gasteiger partial charge < -0.3 is 4.74 Å². The summed E-state index contributed by atoms with van der Waals surface area (Å²) in [5.41, 5.74) is 2.49. The van der Waals surface area contributed by atoms with Crippen LogP contribution >= 0.6 is 0 Å². The third-order valence-corrected chi connectivity index (χ3v) is 3.70. The first kappa shape index (κ1) is 13.0. The van der Waals surface area contributed by atoms with Gasteiger partial charge in [-0.1, -0.05) is 36.4 Å². The minimum absolute atomic E-state index is 0.0408. The van der Waals surface area contributed by atoms with E-state index in [2.05, 4.69) is 18.2 Å². The number of carbonyl (C=O) groups is 1.